The molecule has 2 aromatic carbocycles. The largest absolute Gasteiger partial charge is 0.495 e. The highest BCUT2D eigenvalue weighted by atomic mass is 35.5. The lowest BCUT2D eigenvalue weighted by Crippen LogP contribution is -2.30. The van der Waals surface area contributed by atoms with E-state index < -0.39 is 6.10 Å². The van der Waals surface area contributed by atoms with Crippen molar-refractivity contribution in [3.05, 3.63) is 46.4 Å². The molecule has 0 aliphatic heterocycles. The first-order valence-electron chi connectivity index (χ1n) is 7.09. The van der Waals surface area contributed by atoms with Gasteiger partial charge in [-0.25, -0.2) is 0 Å². The van der Waals surface area contributed by atoms with Crippen LogP contribution in [0.25, 0.3) is 0 Å². The smallest absolute Gasteiger partial charge is 0.265 e. The molecule has 0 unspecified atom stereocenters. The number of amides is 1. The van der Waals surface area contributed by atoms with Gasteiger partial charge in [0.05, 0.1) is 24.9 Å². The number of rotatable bonds is 6. The molecule has 0 aliphatic carbocycles. The SMILES string of the molecule is COc1cc(NC(=O)[C@H](C)Oc2cccc(Cl)c2)c(OC)cc1Cl. The molecule has 2 rings (SSSR count). The van der Waals surface area contributed by atoms with Crippen LogP contribution in [0.4, 0.5) is 5.69 Å². The Morgan fingerprint density at radius 1 is 1.08 bits per heavy atom. The van der Waals surface area contributed by atoms with E-state index in [-0.39, 0.29) is 5.91 Å². The summed E-state index contributed by atoms with van der Waals surface area (Å²) in [5.41, 5.74) is 0.435. The summed E-state index contributed by atoms with van der Waals surface area (Å²) in [7, 11) is 2.98. The Bertz CT molecular complexity index is 737. The topological polar surface area (TPSA) is 56.8 Å². The molecule has 2 aromatic rings. The Labute approximate surface area is 150 Å². The van der Waals surface area contributed by atoms with Gasteiger partial charge in [-0.05, 0) is 25.1 Å². The molecule has 7 heteroatoms. The Morgan fingerprint density at radius 2 is 1.79 bits per heavy atom. The second-order valence-electron chi connectivity index (χ2n) is 4.89. The summed E-state index contributed by atoms with van der Waals surface area (Å²) in [6.07, 6.45) is -0.741. The standard InChI is InChI=1S/C17H17Cl2NO4/c1-10(24-12-6-4-5-11(18)7-12)17(21)20-14-9-15(22-2)13(19)8-16(14)23-3/h4-10H,1-3H3,(H,20,21)/t10-/m0/s1. The van der Waals surface area contributed by atoms with E-state index in [2.05, 4.69) is 5.32 Å². The van der Waals surface area contributed by atoms with Crippen LogP contribution in [0.2, 0.25) is 10.0 Å². The van der Waals surface area contributed by atoms with E-state index in [0.29, 0.717) is 33.0 Å². The normalized spacial score (nSPS) is 11.5. The zero-order valence-corrected chi connectivity index (χ0v) is 14.9. The van der Waals surface area contributed by atoms with Crippen LogP contribution in [0, 0.1) is 0 Å². The molecule has 5 nitrogen and oxygen atoms in total. The van der Waals surface area contributed by atoms with E-state index in [4.69, 9.17) is 37.4 Å². The summed E-state index contributed by atoms with van der Waals surface area (Å²) in [6.45, 7) is 1.63. The summed E-state index contributed by atoms with van der Waals surface area (Å²) in [6, 6.07) is 9.99. The van der Waals surface area contributed by atoms with Crippen molar-refractivity contribution >= 4 is 34.8 Å². The van der Waals surface area contributed by atoms with Crippen LogP contribution in [-0.4, -0.2) is 26.2 Å². The second kappa shape index (κ2) is 8.13. The number of carbonyl (C=O) groups excluding carboxylic acids is 1. The van der Waals surface area contributed by atoms with Crippen molar-refractivity contribution in [3.63, 3.8) is 0 Å². The van der Waals surface area contributed by atoms with Crippen LogP contribution in [0.5, 0.6) is 17.2 Å². The second-order valence-corrected chi connectivity index (χ2v) is 5.74. The molecule has 0 radical (unpaired) electrons. The van der Waals surface area contributed by atoms with Crippen LogP contribution in [-0.2, 0) is 4.79 Å². The van der Waals surface area contributed by atoms with Crippen molar-refractivity contribution < 1.29 is 19.0 Å². The van der Waals surface area contributed by atoms with Gasteiger partial charge in [0.2, 0.25) is 0 Å². The van der Waals surface area contributed by atoms with Gasteiger partial charge in [0, 0.05) is 17.2 Å². The molecule has 0 heterocycles. The monoisotopic (exact) mass is 369 g/mol. The van der Waals surface area contributed by atoms with Crippen LogP contribution in [0.3, 0.4) is 0 Å². The lowest BCUT2D eigenvalue weighted by Gasteiger charge is -2.17. The number of benzene rings is 2. The molecule has 1 N–H and O–H groups in total. The van der Waals surface area contributed by atoms with Crippen LogP contribution >= 0.6 is 23.2 Å². The number of ether oxygens (including phenoxy) is 3. The molecule has 0 saturated carbocycles. The van der Waals surface area contributed by atoms with Gasteiger partial charge in [0.15, 0.2) is 6.10 Å². The van der Waals surface area contributed by atoms with E-state index in [1.54, 1.807) is 43.3 Å². The molecule has 24 heavy (non-hydrogen) atoms. The average molecular weight is 370 g/mol. The first kappa shape index (κ1) is 18.2. The Balaban J connectivity index is 2.13. The van der Waals surface area contributed by atoms with E-state index in [1.807, 2.05) is 0 Å². The van der Waals surface area contributed by atoms with Gasteiger partial charge in [0.1, 0.15) is 17.2 Å². The Morgan fingerprint density at radius 3 is 2.42 bits per heavy atom. The lowest BCUT2D eigenvalue weighted by atomic mass is 10.2. The third-order valence-corrected chi connectivity index (χ3v) is 3.74. The maximum absolute atomic E-state index is 12.4. The zero-order valence-electron chi connectivity index (χ0n) is 13.4. The minimum atomic E-state index is -0.741. The van der Waals surface area contributed by atoms with Gasteiger partial charge < -0.3 is 19.5 Å². The number of carbonyl (C=O) groups is 1. The lowest BCUT2D eigenvalue weighted by molar-refractivity contribution is -0.122. The van der Waals surface area contributed by atoms with E-state index in [9.17, 15) is 4.79 Å². The van der Waals surface area contributed by atoms with Crippen LogP contribution < -0.4 is 19.5 Å². The van der Waals surface area contributed by atoms with Crippen LogP contribution in [0.15, 0.2) is 36.4 Å². The summed E-state index contributed by atoms with van der Waals surface area (Å²) < 4.78 is 16.0. The van der Waals surface area contributed by atoms with Crippen molar-refractivity contribution in [2.45, 2.75) is 13.0 Å². The maximum atomic E-state index is 12.4. The Kier molecular flexibility index (Phi) is 6.17. The average Bonchev–Trinajstić information content (AvgIpc) is 2.55. The maximum Gasteiger partial charge on any atom is 0.265 e. The third-order valence-electron chi connectivity index (χ3n) is 3.21. The zero-order chi connectivity index (χ0) is 17.7. The molecule has 128 valence electrons. The fourth-order valence-corrected chi connectivity index (χ4v) is 2.40. The molecule has 0 aromatic heterocycles. The quantitative estimate of drug-likeness (QED) is 0.818. The third kappa shape index (κ3) is 4.46. The van der Waals surface area contributed by atoms with Gasteiger partial charge >= 0.3 is 0 Å². The highest BCUT2D eigenvalue weighted by molar-refractivity contribution is 6.32. The molecular formula is C17H17Cl2NO4. The molecule has 0 spiro atoms. The van der Waals surface area contributed by atoms with Crippen molar-refractivity contribution in [1.82, 2.24) is 0 Å². The number of halogens is 2. The van der Waals surface area contributed by atoms with Crippen molar-refractivity contribution in [2.24, 2.45) is 0 Å². The fourth-order valence-electron chi connectivity index (χ4n) is 1.99. The summed E-state index contributed by atoms with van der Waals surface area (Å²) in [5, 5.41) is 3.65. The first-order chi connectivity index (χ1) is 11.4. The molecule has 0 bridgehead atoms. The fraction of sp³-hybridized carbons (Fsp3) is 0.235. The van der Waals surface area contributed by atoms with Gasteiger partial charge in [0.25, 0.3) is 5.91 Å². The van der Waals surface area contributed by atoms with Gasteiger partial charge in [-0.15, -0.1) is 0 Å². The predicted octanol–water partition coefficient (Wildman–Crippen LogP) is 4.42. The van der Waals surface area contributed by atoms with Gasteiger partial charge in [-0.1, -0.05) is 29.3 Å². The summed E-state index contributed by atoms with van der Waals surface area (Å²) >= 11 is 11.9. The predicted molar refractivity (Wildman–Crippen MR) is 94.7 cm³/mol. The minimum Gasteiger partial charge on any atom is -0.495 e. The van der Waals surface area contributed by atoms with Crippen LogP contribution in [0.1, 0.15) is 6.92 Å². The van der Waals surface area contributed by atoms with E-state index in [1.165, 1.54) is 14.2 Å². The van der Waals surface area contributed by atoms with Crippen molar-refractivity contribution in [2.75, 3.05) is 19.5 Å². The molecule has 0 saturated heterocycles. The highest BCUT2D eigenvalue weighted by Crippen LogP contribution is 2.36. The molecule has 1 atom stereocenters. The number of hydrogen-bond acceptors (Lipinski definition) is 4. The van der Waals surface area contributed by atoms with Gasteiger partial charge in [-0.2, -0.15) is 0 Å². The van der Waals surface area contributed by atoms with Crippen molar-refractivity contribution in [3.8, 4) is 17.2 Å². The summed E-state index contributed by atoms with van der Waals surface area (Å²) in [5.74, 6) is 1.00. The number of anilines is 1. The van der Waals surface area contributed by atoms with E-state index in [0.717, 1.165) is 0 Å². The highest BCUT2D eigenvalue weighted by Gasteiger charge is 2.18. The number of nitrogens with one attached hydrogen (secondary N) is 1. The molecule has 0 fully saturated rings. The Hall–Kier alpha value is -2.11. The number of methoxy groups -OCH3 is 2. The van der Waals surface area contributed by atoms with E-state index >= 15 is 0 Å². The summed E-state index contributed by atoms with van der Waals surface area (Å²) in [4.78, 5) is 12.4. The minimum absolute atomic E-state index is 0.349. The van der Waals surface area contributed by atoms with Gasteiger partial charge in [-0.3, -0.25) is 4.79 Å². The number of hydrogen-bond donors (Lipinski definition) is 1. The molecule has 1 amide bonds. The first-order valence-corrected chi connectivity index (χ1v) is 7.84. The van der Waals surface area contributed by atoms with Crippen molar-refractivity contribution in [1.29, 1.82) is 0 Å². The molecule has 0 aliphatic rings. The molecular weight excluding hydrogens is 353 g/mol.